The summed E-state index contributed by atoms with van der Waals surface area (Å²) in [6.07, 6.45) is -4.52. The van der Waals surface area contributed by atoms with Gasteiger partial charge in [-0.15, -0.1) is 22.7 Å². The number of carboxylic acid groups (broad SMARTS) is 1. The first kappa shape index (κ1) is 13.0. The minimum atomic E-state index is -4.74. The Balaban J connectivity index is 2.37. The predicted molar refractivity (Wildman–Crippen MR) is 61.2 cm³/mol. The fourth-order valence-electron chi connectivity index (χ4n) is 1.34. The third-order valence-electron chi connectivity index (χ3n) is 2.04. The van der Waals surface area contributed by atoms with Crippen LogP contribution in [0.2, 0.25) is 0 Å². The zero-order chi connectivity index (χ0) is 13.3. The summed E-state index contributed by atoms with van der Waals surface area (Å²) >= 11 is 1.96. The molecule has 2 heterocycles. The molecule has 0 saturated carbocycles. The summed E-state index contributed by atoms with van der Waals surface area (Å²) in [6, 6.07) is 3.54. The van der Waals surface area contributed by atoms with Gasteiger partial charge in [-0.1, -0.05) is 6.07 Å². The molecule has 1 N–H and O–H groups in total. The summed E-state index contributed by atoms with van der Waals surface area (Å²) in [5.74, 6) is -1.60. The number of hydrogen-bond acceptors (Lipinski definition) is 4. The number of aromatic nitrogens is 1. The molecule has 0 aliphatic carbocycles. The van der Waals surface area contributed by atoms with Gasteiger partial charge in [-0.2, -0.15) is 13.2 Å². The van der Waals surface area contributed by atoms with Crippen molar-refractivity contribution < 1.29 is 23.1 Å². The van der Waals surface area contributed by atoms with E-state index >= 15 is 0 Å². The number of thiazole rings is 1. The minimum Gasteiger partial charge on any atom is -0.477 e. The third kappa shape index (κ3) is 2.70. The fraction of sp³-hybridized carbons (Fsp3) is 0.200. The van der Waals surface area contributed by atoms with Gasteiger partial charge in [-0.3, -0.25) is 0 Å². The molecule has 2 rings (SSSR count). The van der Waals surface area contributed by atoms with Gasteiger partial charge in [0, 0.05) is 11.3 Å². The van der Waals surface area contributed by atoms with Crippen LogP contribution in [0.3, 0.4) is 0 Å². The summed E-state index contributed by atoms with van der Waals surface area (Å²) in [5, 5.41) is 10.7. The highest BCUT2D eigenvalue weighted by Gasteiger charge is 2.39. The van der Waals surface area contributed by atoms with Gasteiger partial charge >= 0.3 is 12.1 Å². The van der Waals surface area contributed by atoms with Crippen LogP contribution in [0.4, 0.5) is 13.2 Å². The van der Waals surface area contributed by atoms with E-state index in [4.69, 9.17) is 5.11 Å². The van der Waals surface area contributed by atoms with Crippen molar-refractivity contribution in [3.05, 3.63) is 38.0 Å². The molecule has 0 aliphatic rings. The highest BCUT2D eigenvalue weighted by Crippen LogP contribution is 2.35. The number of thiophene rings is 1. The van der Waals surface area contributed by atoms with Crippen molar-refractivity contribution in [3.8, 4) is 0 Å². The van der Waals surface area contributed by atoms with Gasteiger partial charge in [-0.05, 0) is 11.4 Å². The number of alkyl halides is 3. The van der Waals surface area contributed by atoms with Crippen molar-refractivity contribution in [1.82, 2.24) is 4.98 Å². The summed E-state index contributed by atoms with van der Waals surface area (Å²) in [5.41, 5.74) is -1.31. The molecule has 2 aromatic rings. The maximum Gasteiger partial charge on any atom is 0.435 e. The van der Waals surface area contributed by atoms with Crippen LogP contribution in [0, 0.1) is 0 Å². The average Bonchev–Trinajstić information content (AvgIpc) is 2.85. The Morgan fingerprint density at radius 2 is 2.17 bits per heavy atom. The van der Waals surface area contributed by atoms with Crippen LogP contribution in [0.5, 0.6) is 0 Å². The molecule has 96 valence electrons. The lowest BCUT2D eigenvalue weighted by Gasteiger charge is -2.02. The molecule has 0 spiro atoms. The van der Waals surface area contributed by atoms with Gasteiger partial charge in [0.05, 0.1) is 5.01 Å². The highest BCUT2D eigenvalue weighted by atomic mass is 32.1. The first-order valence-corrected chi connectivity index (χ1v) is 6.40. The molecule has 0 fully saturated rings. The summed E-state index contributed by atoms with van der Waals surface area (Å²) in [6.45, 7) is 0. The number of hydrogen-bond donors (Lipinski definition) is 1. The molecule has 0 radical (unpaired) electrons. The van der Waals surface area contributed by atoms with Gasteiger partial charge in [0.1, 0.15) is 4.88 Å². The van der Waals surface area contributed by atoms with Gasteiger partial charge in [0.2, 0.25) is 0 Å². The van der Waals surface area contributed by atoms with Crippen molar-refractivity contribution in [2.24, 2.45) is 0 Å². The number of nitrogens with zero attached hydrogens (tertiary/aromatic N) is 1. The quantitative estimate of drug-likeness (QED) is 0.942. The maximum atomic E-state index is 12.6. The van der Waals surface area contributed by atoms with Crippen molar-refractivity contribution >= 4 is 28.6 Å². The van der Waals surface area contributed by atoms with E-state index in [1.54, 1.807) is 17.5 Å². The van der Waals surface area contributed by atoms with Crippen LogP contribution in [0.25, 0.3) is 0 Å². The molecule has 0 bridgehead atoms. The Hall–Kier alpha value is -1.41. The predicted octanol–water partition coefficient (Wildman–Crippen LogP) is 3.51. The molecule has 3 nitrogen and oxygen atoms in total. The normalized spacial score (nSPS) is 11.7. The largest absolute Gasteiger partial charge is 0.477 e. The first-order valence-electron chi connectivity index (χ1n) is 4.70. The van der Waals surface area contributed by atoms with Gasteiger partial charge in [0.25, 0.3) is 0 Å². The standard InChI is InChI=1S/C10H6F3NO2S2/c11-10(12,13)8-7(9(15)16)18-6(14-8)4-5-2-1-3-17-5/h1-3H,4H2,(H,15,16). The van der Waals surface area contributed by atoms with E-state index in [0.717, 1.165) is 4.88 Å². The molecule has 0 saturated heterocycles. The minimum absolute atomic E-state index is 0.155. The van der Waals surface area contributed by atoms with Crippen molar-refractivity contribution in [2.75, 3.05) is 0 Å². The Bertz CT molecular complexity index is 560. The number of rotatable bonds is 3. The topological polar surface area (TPSA) is 50.2 Å². The van der Waals surface area contributed by atoms with Crippen LogP contribution in [-0.4, -0.2) is 16.1 Å². The van der Waals surface area contributed by atoms with Gasteiger partial charge < -0.3 is 5.11 Å². The molecule has 8 heteroatoms. The average molecular weight is 293 g/mol. The zero-order valence-corrected chi connectivity index (χ0v) is 10.3. The lowest BCUT2D eigenvalue weighted by Crippen LogP contribution is -2.11. The molecule has 0 atom stereocenters. The Labute approximate surface area is 108 Å². The number of carboxylic acids is 1. The van der Waals surface area contributed by atoms with Crippen LogP contribution >= 0.6 is 22.7 Å². The lowest BCUT2D eigenvalue weighted by atomic mass is 10.3. The maximum absolute atomic E-state index is 12.6. The van der Waals surface area contributed by atoms with Crippen LogP contribution in [-0.2, 0) is 12.6 Å². The highest BCUT2D eigenvalue weighted by molar-refractivity contribution is 7.14. The van der Waals surface area contributed by atoms with Crippen LogP contribution in [0.1, 0.15) is 25.3 Å². The van der Waals surface area contributed by atoms with Crippen molar-refractivity contribution in [1.29, 1.82) is 0 Å². The lowest BCUT2D eigenvalue weighted by molar-refractivity contribution is -0.141. The van der Waals surface area contributed by atoms with E-state index in [1.165, 1.54) is 11.3 Å². The van der Waals surface area contributed by atoms with Crippen molar-refractivity contribution in [3.63, 3.8) is 0 Å². The molecule has 0 aromatic carbocycles. The van der Waals surface area contributed by atoms with Crippen LogP contribution in [0.15, 0.2) is 17.5 Å². The second-order valence-electron chi connectivity index (χ2n) is 3.34. The Morgan fingerprint density at radius 3 is 2.61 bits per heavy atom. The van der Waals surface area contributed by atoms with E-state index in [1.807, 2.05) is 0 Å². The number of aromatic carboxylic acids is 1. The molecule has 0 aliphatic heterocycles. The zero-order valence-electron chi connectivity index (χ0n) is 8.69. The van der Waals surface area contributed by atoms with E-state index in [-0.39, 0.29) is 11.4 Å². The molecular formula is C10H6F3NO2S2. The third-order valence-corrected chi connectivity index (χ3v) is 3.96. The fourth-order valence-corrected chi connectivity index (χ4v) is 3.09. The summed E-state index contributed by atoms with van der Waals surface area (Å²) in [7, 11) is 0. The second kappa shape index (κ2) is 4.69. The van der Waals surface area contributed by atoms with Gasteiger partial charge in [-0.25, -0.2) is 9.78 Å². The van der Waals surface area contributed by atoms with E-state index in [9.17, 15) is 18.0 Å². The van der Waals surface area contributed by atoms with Crippen LogP contribution < -0.4 is 0 Å². The molecule has 0 unspecified atom stereocenters. The first-order chi connectivity index (χ1) is 8.38. The van der Waals surface area contributed by atoms with E-state index in [2.05, 4.69) is 4.98 Å². The SMILES string of the molecule is O=C(O)c1sc(Cc2cccs2)nc1C(F)(F)F. The number of halogens is 3. The van der Waals surface area contributed by atoms with Crippen molar-refractivity contribution in [2.45, 2.75) is 12.6 Å². The molecule has 18 heavy (non-hydrogen) atoms. The number of carbonyl (C=O) groups is 1. The monoisotopic (exact) mass is 293 g/mol. The van der Waals surface area contributed by atoms with Gasteiger partial charge in [0.15, 0.2) is 5.69 Å². The molecular weight excluding hydrogens is 287 g/mol. The second-order valence-corrected chi connectivity index (χ2v) is 5.46. The Kier molecular flexibility index (Phi) is 3.40. The molecule has 2 aromatic heterocycles. The summed E-state index contributed by atoms with van der Waals surface area (Å²) < 4.78 is 37.8. The Morgan fingerprint density at radius 1 is 1.44 bits per heavy atom. The van der Waals surface area contributed by atoms with E-state index in [0.29, 0.717) is 11.3 Å². The molecule has 0 amide bonds. The van der Waals surface area contributed by atoms with E-state index < -0.39 is 22.7 Å². The summed E-state index contributed by atoms with van der Waals surface area (Å²) in [4.78, 5) is 14.2. The smallest absolute Gasteiger partial charge is 0.435 e.